The molecule has 3 rings (SSSR count). The Morgan fingerprint density at radius 2 is 2.24 bits per heavy atom. The van der Waals surface area contributed by atoms with Gasteiger partial charge in [0.05, 0.1) is 11.0 Å². The first-order valence-electron chi connectivity index (χ1n) is 7.86. The number of nitrogens with one attached hydrogen (secondary N) is 1. The molecule has 0 radical (unpaired) electrons. The van der Waals surface area contributed by atoms with Gasteiger partial charge in [-0.1, -0.05) is 22.0 Å². The number of hydrogen-bond donors (Lipinski definition) is 1. The van der Waals surface area contributed by atoms with E-state index in [9.17, 15) is 14.9 Å². The molecule has 0 saturated heterocycles. The van der Waals surface area contributed by atoms with Crippen LogP contribution in [0.3, 0.4) is 0 Å². The lowest BCUT2D eigenvalue weighted by Crippen LogP contribution is -2.44. The van der Waals surface area contributed by atoms with E-state index in [1.165, 1.54) is 6.20 Å². The van der Waals surface area contributed by atoms with Gasteiger partial charge in [0.15, 0.2) is 0 Å². The van der Waals surface area contributed by atoms with Crippen LogP contribution in [0.4, 0.5) is 11.4 Å². The maximum atomic E-state index is 12.5. The molecule has 1 aromatic heterocycles. The average molecular weight is 405 g/mol. The lowest BCUT2D eigenvalue weighted by Gasteiger charge is -2.32. The largest absolute Gasteiger partial charge is 0.325 e. The zero-order valence-electron chi connectivity index (χ0n) is 13.6. The van der Waals surface area contributed by atoms with Crippen LogP contribution >= 0.6 is 15.9 Å². The van der Waals surface area contributed by atoms with E-state index in [1.807, 2.05) is 36.1 Å². The topological polar surface area (TPSA) is 88.4 Å². The molecule has 1 N–H and O–H groups in total. The molecule has 8 heteroatoms. The van der Waals surface area contributed by atoms with Gasteiger partial charge in [-0.15, -0.1) is 0 Å². The maximum absolute atomic E-state index is 12.5. The number of rotatable bonds is 4. The van der Waals surface area contributed by atoms with Crippen molar-refractivity contribution in [3.05, 3.63) is 62.4 Å². The van der Waals surface area contributed by atoms with Crippen LogP contribution in [0, 0.1) is 10.1 Å². The fourth-order valence-electron chi connectivity index (χ4n) is 2.84. The van der Waals surface area contributed by atoms with E-state index in [2.05, 4.69) is 26.2 Å². The molecule has 1 aromatic carbocycles. The number of anilines is 1. The van der Waals surface area contributed by atoms with Gasteiger partial charge in [-0.05, 0) is 30.7 Å². The number of carbonyl (C=O) groups excluding carboxylic acids is 1. The van der Waals surface area contributed by atoms with Gasteiger partial charge in [0.1, 0.15) is 6.20 Å². The van der Waals surface area contributed by atoms with Crippen LogP contribution in [0.2, 0.25) is 0 Å². The average Bonchev–Trinajstić information content (AvgIpc) is 2.60. The van der Waals surface area contributed by atoms with Crippen LogP contribution in [-0.2, 0) is 17.8 Å². The van der Waals surface area contributed by atoms with Crippen LogP contribution < -0.4 is 5.32 Å². The van der Waals surface area contributed by atoms with Crippen LogP contribution in [0.1, 0.15) is 18.2 Å². The van der Waals surface area contributed by atoms with E-state index in [0.717, 1.165) is 21.4 Å². The van der Waals surface area contributed by atoms with Crippen molar-refractivity contribution in [3.63, 3.8) is 0 Å². The summed E-state index contributed by atoms with van der Waals surface area (Å²) in [5.41, 5.74) is 2.37. The summed E-state index contributed by atoms with van der Waals surface area (Å²) in [5.74, 6) is -0.111. The number of nitro groups is 1. The van der Waals surface area contributed by atoms with Gasteiger partial charge < -0.3 is 5.32 Å². The first-order valence-corrected chi connectivity index (χ1v) is 8.66. The Morgan fingerprint density at radius 3 is 2.96 bits per heavy atom. The van der Waals surface area contributed by atoms with Crippen molar-refractivity contribution >= 4 is 33.2 Å². The van der Waals surface area contributed by atoms with Gasteiger partial charge in [0.25, 0.3) is 5.69 Å². The summed E-state index contributed by atoms with van der Waals surface area (Å²) in [7, 11) is 0. The summed E-state index contributed by atoms with van der Waals surface area (Å²) in [6, 6.07) is 8.60. The fraction of sp³-hybridized carbons (Fsp3) is 0.294. The van der Waals surface area contributed by atoms with E-state index in [1.54, 1.807) is 6.07 Å². The minimum atomic E-state index is -0.449. The summed E-state index contributed by atoms with van der Waals surface area (Å²) >= 11 is 3.38. The molecule has 1 amide bonds. The number of fused-ring (bicyclic) bond motifs is 1. The number of pyridine rings is 1. The Morgan fingerprint density at radius 1 is 1.44 bits per heavy atom. The zero-order chi connectivity index (χ0) is 18.0. The molecule has 1 aliphatic heterocycles. The predicted octanol–water partition coefficient (Wildman–Crippen LogP) is 3.14. The second-order valence-corrected chi connectivity index (χ2v) is 6.87. The first-order chi connectivity index (χ1) is 11.9. The first kappa shape index (κ1) is 17.5. The minimum Gasteiger partial charge on any atom is -0.325 e. The van der Waals surface area contributed by atoms with Gasteiger partial charge in [-0.3, -0.25) is 24.8 Å². The molecule has 2 aromatic rings. The third-order valence-corrected chi connectivity index (χ3v) is 4.78. The van der Waals surface area contributed by atoms with Crippen molar-refractivity contribution < 1.29 is 9.72 Å². The van der Waals surface area contributed by atoms with Crippen LogP contribution in [0.15, 0.2) is 41.0 Å². The highest BCUT2D eigenvalue weighted by Gasteiger charge is 2.27. The molecule has 25 heavy (non-hydrogen) atoms. The van der Waals surface area contributed by atoms with Crippen LogP contribution in [0.5, 0.6) is 0 Å². The molecule has 1 aliphatic rings. The number of hydrogen-bond acceptors (Lipinski definition) is 5. The summed E-state index contributed by atoms with van der Waals surface area (Å²) in [6.45, 7) is 2.99. The van der Waals surface area contributed by atoms with E-state index in [0.29, 0.717) is 19.5 Å². The second kappa shape index (κ2) is 7.28. The van der Waals surface area contributed by atoms with Crippen molar-refractivity contribution in [2.24, 2.45) is 0 Å². The summed E-state index contributed by atoms with van der Waals surface area (Å²) in [6.07, 6.45) is 1.96. The quantitative estimate of drug-likeness (QED) is 0.624. The Hall–Kier alpha value is -2.32. The lowest BCUT2D eigenvalue weighted by molar-refractivity contribution is -0.385. The molecule has 1 atom stereocenters. The van der Waals surface area contributed by atoms with Gasteiger partial charge in [0.2, 0.25) is 5.91 Å². The molecule has 0 aliphatic carbocycles. The van der Waals surface area contributed by atoms with E-state index >= 15 is 0 Å². The van der Waals surface area contributed by atoms with Crippen molar-refractivity contribution in [2.45, 2.75) is 25.9 Å². The molecule has 2 heterocycles. The van der Waals surface area contributed by atoms with Crippen molar-refractivity contribution in [1.29, 1.82) is 0 Å². The molecule has 0 fully saturated rings. The zero-order valence-corrected chi connectivity index (χ0v) is 15.2. The number of nitrogens with zero attached hydrogens (tertiary/aromatic N) is 3. The lowest BCUT2D eigenvalue weighted by atomic mass is 10.0. The smallest absolute Gasteiger partial charge is 0.287 e. The van der Waals surface area contributed by atoms with Gasteiger partial charge in [-0.25, -0.2) is 0 Å². The minimum absolute atomic E-state index is 0.0214. The molecular weight excluding hydrogens is 388 g/mol. The molecule has 0 spiro atoms. The predicted molar refractivity (Wildman–Crippen MR) is 97.2 cm³/mol. The molecule has 0 saturated carbocycles. The Balaban J connectivity index is 1.71. The molecular formula is C17H17BrN4O3. The number of amides is 1. The standard InChI is InChI=1S/C17H17BrN4O3/c1-11(17(23)20-14-4-2-3-13(18)8-14)21-6-5-16-12(10-21)7-15(9-19-16)22(24)25/h2-4,7-9,11H,5-6,10H2,1H3,(H,20,23)/t11-/m1/s1. The van der Waals surface area contributed by atoms with Crippen molar-refractivity contribution in [1.82, 2.24) is 9.88 Å². The van der Waals surface area contributed by atoms with E-state index in [-0.39, 0.29) is 17.6 Å². The third-order valence-electron chi connectivity index (χ3n) is 4.28. The monoisotopic (exact) mass is 404 g/mol. The number of halogens is 1. The molecule has 130 valence electrons. The Kier molecular flexibility index (Phi) is 5.10. The van der Waals surface area contributed by atoms with Crippen molar-refractivity contribution in [2.75, 3.05) is 11.9 Å². The van der Waals surface area contributed by atoms with Gasteiger partial charge in [0, 0.05) is 41.4 Å². The number of aromatic nitrogens is 1. The second-order valence-electron chi connectivity index (χ2n) is 5.95. The maximum Gasteiger partial charge on any atom is 0.287 e. The normalized spacial score (nSPS) is 15.3. The summed E-state index contributed by atoms with van der Waals surface area (Å²) in [5, 5.41) is 13.8. The molecule has 7 nitrogen and oxygen atoms in total. The highest BCUT2D eigenvalue weighted by Crippen LogP contribution is 2.23. The Bertz CT molecular complexity index is 827. The van der Waals surface area contributed by atoms with Crippen LogP contribution in [0.25, 0.3) is 0 Å². The fourth-order valence-corrected chi connectivity index (χ4v) is 3.24. The Labute approximate surface area is 153 Å². The highest BCUT2D eigenvalue weighted by molar-refractivity contribution is 9.10. The van der Waals surface area contributed by atoms with E-state index < -0.39 is 4.92 Å². The highest BCUT2D eigenvalue weighted by atomic mass is 79.9. The van der Waals surface area contributed by atoms with Gasteiger partial charge in [-0.2, -0.15) is 0 Å². The van der Waals surface area contributed by atoms with Gasteiger partial charge >= 0.3 is 0 Å². The summed E-state index contributed by atoms with van der Waals surface area (Å²) in [4.78, 5) is 29.2. The third kappa shape index (κ3) is 4.02. The molecule has 0 bridgehead atoms. The number of benzene rings is 1. The SMILES string of the molecule is C[C@H](C(=O)Nc1cccc(Br)c1)N1CCc2ncc([N+](=O)[O-])cc2C1. The van der Waals surface area contributed by atoms with Crippen molar-refractivity contribution in [3.8, 4) is 0 Å². The summed E-state index contributed by atoms with van der Waals surface area (Å²) < 4.78 is 0.892. The van der Waals surface area contributed by atoms with E-state index in [4.69, 9.17) is 0 Å². The number of carbonyl (C=O) groups is 1. The molecule has 0 unspecified atom stereocenters. The van der Waals surface area contributed by atoms with Crippen LogP contribution in [-0.4, -0.2) is 33.3 Å².